The van der Waals surface area contributed by atoms with Crippen molar-refractivity contribution in [3.63, 3.8) is 0 Å². The molecule has 1 aromatic carbocycles. The molecule has 0 radical (unpaired) electrons. The Hall–Kier alpha value is -3.28. The second-order valence-electron chi connectivity index (χ2n) is 6.76. The van der Waals surface area contributed by atoms with Crippen LogP contribution >= 0.6 is 11.8 Å². The molecule has 1 aromatic heterocycles. The topological polar surface area (TPSA) is 94.6 Å². The third-order valence-electron chi connectivity index (χ3n) is 4.54. The van der Waals surface area contributed by atoms with Gasteiger partial charge < -0.3 is 4.90 Å². The van der Waals surface area contributed by atoms with E-state index in [-0.39, 0.29) is 18.1 Å². The number of hydrogen-bond donors (Lipinski definition) is 2. The molecule has 2 N–H and O–H groups in total. The van der Waals surface area contributed by atoms with Crippen LogP contribution in [-0.4, -0.2) is 58.5 Å². The Labute approximate surface area is 186 Å². The van der Waals surface area contributed by atoms with Crippen LogP contribution in [0.15, 0.2) is 48.7 Å². The van der Waals surface area contributed by atoms with Gasteiger partial charge in [-0.2, -0.15) is 24.9 Å². The van der Waals surface area contributed by atoms with Gasteiger partial charge in [-0.05, 0) is 29.8 Å². The Balaban J connectivity index is 1.69. The summed E-state index contributed by atoms with van der Waals surface area (Å²) in [6, 6.07) is 11.0. The van der Waals surface area contributed by atoms with E-state index in [2.05, 4.69) is 4.98 Å². The molecule has 0 aliphatic carbocycles. The lowest BCUT2D eigenvalue weighted by Crippen LogP contribution is -2.47. The standard InChI is InChI=1S/C20H20F3N5O3S/c21-20(22,23)18(30)26-25-17(29)15-6-4-14(5-7-15)13-28(16-3-1-2-8-24-16)19(31)27-9-11-32-12-10-27/h1-8H,9-13H2,(H,25,29)(H,26,30). The van der Waals surface area contributed by atoms with Crippen molar-refractivity contribution in [3.8, 4) is 0 Å². The Morgan fingerprint density at radius 1 is 1.03 bits per heavy atom. The minimum absolute atomic E-state index is 0.0417. The summed E-state index contributed by atoms with van der Waals surface area (Å²) in [6.45, 7) is 1.46. The monoisotopic (exact) mass is 467 g/mol. The van der Waals surface area contributed by atoms with Crippen LogP contribution < -0.4 is 15.8 Å². The van der Waals surface area contributed by atoms with Crippen molar-refractivity contribution in [2.24, 2.45) is 0 Å². The molecule has 0 unspecified atom stereocenters. The predicted octanol–water partition coefficient (Wildman–Crippen LogP) is 2.58. The van der Waals surface area contributed by atoms with E-state index in [4.69, 9.17) is 0 Å². The lowest BCUT2D eigenvalue weighted by molar-refractivity contribution is -0.174. The van der Waals surface area contributed by atoms with Crippen LogP contribution in [0, 0.1) is 0 Å². The molecule has 170 valence electrons. The van der Waals surface area contributed by atoms with Gasteiger partial charge in [-0.25, -0.2) is 9.78 Å². The Morgan fingerprint density at radius 2 is 1.72 bits per heavy atom. The first-order valence-corrected chi connectivity index (χ1v) is 10.7. The molecule has 0 atom stereocenters. The van der Waals surface area contributed by atoms with E-state index in [1.54, 1.807) is 58.6 Å². The fraction of sp³-hybridized carbons (Fsp3) is 0.300. The highest BCUT2D eigenvalue weighted by molar-refractivity contribution is 7.99. The summed E-state index contributed by atoms with van der Waals surface area (Å²) in [4.78, 5) is 43.5. The van der Waals surface area contributed by atoms with Crippen molar-refractivity contribution in [2.75, 3.05) is 29.5 Å². The number of alkyl halides is 3. The number of hydrazine groups is 1. The molecular weight excluding hydrogens is 447 g/mol. The number of halogens is 3. The fourth-order valence-corrected chi connectivity index (χ4v) is 3.79. The first-order valence-electron chi connectivity index (χ1n) is 9.57. The molecule has 2 aromatic rings. The number of urea groups is 1. The van der Waals surface area contributed by atoms with Crippen molar-refractivity contribution in [1.82, 2.24) is 20.7 Å². The number of amides is 4. The van der Waals surface area contributed by atoms with Gasteiger partial charge in [0.1, 0.15) is 5.82 Å². The molecule has 32 heavy (non-hydrogen) atoms. The zero-order valence-corrected chi connectivity index (χ0v) is 17.6. The number of anilines is 1. The number of rotatable bonds is 4. The summed E-state index contributed by atoms with van der Waals surface area (Å²) in [7, 11) is 0. The lowest BCUT2D eigenvalue weighted by atomic mass is 10.1. The van der Waals surface area contributed by atoms with Gasteiger partial charge in [0.25, 0.3) is 5.91 Å². The molecule has 1 saturated heterocycles. The van der Waals surface area contributed by atoms with E-state index >= 15 is 0 Å². The van der Waals surface area contributed by atoms with Crippen LogP contribution in [0.4, 0.5) is 23.8 Å². The molecule has 0 bridgehead atoms. The van der Waals surface area contributed by atoms with Crippen LogP contribution in [0.1, 0.15) is 15.9 Å². The molecular formula is C20H20F3N5O3S. The maximum atomic E-state index is 13.1. The van der Waals surface area contributed by atoms with Crippen LogP contribution in [0.3, 0.4) is 0 Å². The van der Waals surface area contributed by atoms with Gasteiger partial charge in [-0.15, -0.1) is 0 Å². The van der Waals surface area contributed by atoms with Gasteiger partial charge in [0, 0.05) is 36.4 Å². The van der Waals surface area contributed by atoms with E-state index in [1.165, 1.54) is 22.5 Å². The predicted molar refractivity (Wildman–Crippen MR) is 113 cm³/mol. The van der Waals surface area contributed by atoms with Gasteiger partial charge in [0.2, 0.25) is 0 Å². The minimum atomic E-state index is -5.11. The van der Waals surface area contributed by atoms with E-state index in [9.17, 15) is 27.6 Å². The Morgan fingerprint density at radius 3 is 2.31 bits per heavy atom. The fourth-order valence-electron chi connectivity index (χ4n) is 2.89. The maximum Gasteiger partial charge on any atom is 0.472 e. The summed E-state index contributed by atoms with van der Waals surface area (Å²) < 4.78 is 36.6. The Kier molecular flexibility index (Phi) is 7.57. The number of hydrogen-bond acceptors (Lipinski definition) is 5. The first-order chi connectivity index (χ1) is 15.3. The van der Waals surface area contributed by atoms with E-state index in [0.29, 0.717) is 24.5 Å². The summed E-state index contributed by atoms with van der Waals surface area (Å²) in [5, 5.41) is 0. The number of aromatic nitrogens is 1. The number of benzene rings is 1. The van der Waals surface area contributed by atoms with Crippen molar-refractivity contribution in [2.45, 2.75) is 12.7 Å². The third-order valence-corrected chi connectivity index (χ3v) is 5.48. The van der Waals surface area contributed by atoms with Crippen LogP contribution in [0.2, 0.25) is 0 Å². The molecule has 1 fully saturated rings. The summed E-state index contributed by atoms with van der Waals surface area (Å²) in [5.41, 5.74) is 3.75. The van der Waals surface area contributed by atoms with Crippen LogP contribution in [0.25, 0.3) is 0 Å². The highest BCUT2D eigenvalue weighted by atomic mass is 32.2. The quantitative estimate of drug-likeness (QED) is 0.675. The molecule has 8 nitrogen and oxygen atoms in total. The molecule has 1 aliphatic heterocycles. The largest absolute Gasteiger partial charge is 0.472 e. The third kappa shape index (κ3) is 6.13. The lowest BCUT2D eigenvalue weighted by Gasteiger charge is -2.32. The molecule has 3 rings (SSSR count). The molecule has 12 heteroatoms. The second-order valence-corrected chi connectivity index (χ2v) is 7.98. The van der Waals surface area contributed by atoms with Crippen LogP contribution in [-0.2, 0) is 11.3 Å². The zero-order valence-electron chi connectivity index (χ0n) is 16.8. The maximum absolute atomic E-state index is 13.1. The van der Waals surface area contributed by atoms with E-state index < -0.39 is 18.0 Å². The first kappa shape index (κ1) is 23.4. The summed E-state index contributed by atoms with van der Waals surface area (Å²) >= 11 is 1.78. The second kappa shape index (κ2) is 10.4. The molecule has 2 heterocycles. The average molecular weight is 467 g/mol. The Bertz CT molecular complexity index is 951. The molecule has 0 spiro atoms. The average Bonchev–Trinajstić information content (AvgIpc) is 2.81. The smallest absolute Gasteiger partial charge is 0.323 e. The van der Waals surface area contributed by atoms with Gasteiger partial charge in [0.15, 0.2) is 0 Å². The van der Waals surface area contributed by atoms with Crippen molar-refractivity contribution < 1.29 is 27.6 Å². The van der Waals surface area contributed by atoms with Crippen LogP contribution in [0.5, 0.6) is 0 Å². The number of pyridine rings is 1. The molecule has 4 amide bonds. The number of carbonyl (C=O) groups is 3. The summed E-state index contributed by atoms with van der Waals surface area (Å²) in [5.74, 6) is -0.986. The summed E-state index contributed by atoms with van der Waals surface area (Å²) in [6.07, 6.45) is -3.52. The van der Waals surface area contributed by atoms with Crippen molar-refractivity contribution in [1.29, 1.82) is 0 Å². The number of thioether (sulfide) groups is 1. The van der Waals surface area contributed by atoms with E-state index in [0.717, 1.165) is 11.5 Å². The van der Waals surface area contributed by atoms with Gasteiger partial charge >= 0.3 is 18.1 Å². The highest BCUT2D eigenvalue weighted by Crippen LogP contribution is 2.19. The number of nitrogens with one attached hydrogen (secondary N) is 2. The number of carbonyl (C=O) groups excluding carboxylic acids is 3. The normalized spacial score (nSPS) is 13.9. The van der Waals surface area contributed by atoms with Crippen molar-refractivity contribution >= 4 is 35.4 Å². The highest BCUT2D eigenvalue weighted by Gasteiger charge is 2.39. The van der Waals surface area contributed by atoms with Gasteiger partial charge in [-0.3, -0.25) is 25.3 Å². The minimum Gasteiger partial charge on any atom is -0.323 e. The number of nitrogens with zero attached hydrogens (tertiary/aromatic N) is 3. The zero-order chi connectivity index (χ0) is 23.1. The van der Waals surface area contributed by atoms with E-state index in [1.807, 2.05) is 0 Å². The molecule has 0 saturated carbocycles. The van der Waals surface area contributed by atoms with Crippen molar-refractivity contribution in [3.05, 3.63) is 59.8 Å². The van der Waals surface area contributed by atoms with Gasteiger partial charge in [0.05, 0.1) is 6.54 Å². The van der Waals surface area contributed by atoms with Gasteiger partial charge in [-0.1, -0.05) is 18.2 Å². The molecule has 1 aliphatic rings. The SMILES string of the molecule is O=C(NNC(=O)C(F)(F)F)c1ccc(CN(C(=O)N2CCSCC2)c2ccccn2)cc1.